The first-order chi connectivity index (χ1) is 10.1. The Morgan fingerprint density at radius 2 is 1.95 bits per heavy atom. The second-order valence-electron chi connectivity index (χ2n) is 5.86. The zero-order valence-electron chi connectivity index (χ0n) is 13.3. The minimum absolute atomic E-state index is 0.100. The molecular formula is C17H25N3O. The van der Waals surface area contributed by atoms with E-state index in [4.69, 9.17) is 9.84 Å². The van der Waals surface area contributed by atoms with E-state index < -0.39 is 0 Å². The van der Waals surface area contributed by atoms with Gasteiger partial charge in [0.15, 0.2) is 0 Å². The maximum atomic E-state index is 5.49. The molecule has 0 aliphatic heterocycles. The van der Waals surface area contributed by atoms with Crippen LogP contribution in [-0.2, 0) is 4.74 Å². The van der Waals surface area contributed by atoms with Gasteiger partial charge >= 0.3 is 0 Å². The summed E-state index contributed by atoms with van der Waals surface area (Å²) in [6.07, 6.45) is 3.98. The molecule has 21 heavy (non-hydrogen) atoms. The molecule has 0 fully saturated rings. The lowest BCUT2D eigenvalue weighted by Gasteiger charge is -2.25. The van der Waals surface area contributed by atoms with E-state index >= 15 is 0 Å². The van der Waals surface area contributed by atoms with Gasteiger partial charge in [0.25, 0.3) is 0 Å². The number of nitrogens with zero attached hydrogens (tertiary/aromatic N) is 2. The Labute approximate surface area is 127 Å². The monoisotopic (exact) mass is 287 g/mol. The van der Waals surface area contributed by atoms with Crippen LogP contribution in [0.2, 0.25) is 0 Å². The highest BCUT2D eigenvalue weighted by Gasteiger charge is 2.20. The molecule has 1 heterocycles. The van der Waals surface area contributed by atoms with Crippen LogP contribution in [0.5, 0.6) is 0 Å². The fourth-order valence-corrected chi connectivity index (χ4v) is 2.28. The average Bonchev–Trinajstić information content (AvgIpc) is 2.98. The van der Waals surface area contributed by atoms with Crippen molar-refractivity contribution in [2.24, 2.45) is 0 Å². The minimum Gasteiger partial charge on any atom is -0.379 e. The molecule has 1 atom stereocenters. The Balaban J connectivity index is 2.08. The second-order valence-corrected chi connectivity index (χ2v) is 5.86. The van der Waals surface area contributed by atoms with Crippen molar-refractivity contribution < 1.29 is 4.74 Å². The highest BCUT2D eigenvalue weighted by atomic mass is 16.5. The standard InChI is InChI=1S/C17H25N3O/c1-17(2,21-4)12-10-15(18-3)16-11-13-20(19-16)14-8-6-5-7-9-14/h5-9,11,13,15,18H,10,12H2,1-4H3. The van der Waals surface area contributed by atoms with Gasteiger partial charge < -0.3 is 10.1 Å². The Bertz CT molecular complexity index is 548. The predicted octanol–water partition coefficient (Wildman–Crippen LogP) is 3.34. The van der Waals surface area contributed by atoms with Gasteiger partial charge in [-0.05, 0) is 51.9 Å². The summed E-state index contributed by atoms with van der Waals surface area (Å²) in [6, 6.07) is 12.5. The van der Waals surface area contributed by atoms with E-state index in [0.29, 0.717) is 0 Å². The predicted molar refractivity (Wildman–Crippen MR) is 85.7 cm³/mol. The zero-order chi connectivity index (χ0) is 15.3. The van der Waals surface area contributed by atoms with Gasteiger partial charge in [-0.25, -0.2) is 4.68 Å². The number of nitrogens with one attached hydrogen (secondary N) is 1. The molecule has 0 bridgehead atoms. The number of para-hydroxylation sites is 1. The van der Waals surface area contributed by atoms with Crippen LogP contribution in [0.3, 0.4) is 0 Å². The first-order valence-electron chi connectivity index (χ1n) is 7.39. The zero-order valence-corrected chi connectivity index (χ0v) is 13.3. The highest BCUT2D eigenvalue weighted by molar-refractivity contribution is 5.30. The van der Waals surface area contributed by atoms with E-state index in [9.17, 15) is 0 Å². The number of benzene rings is 1. The first kappa shape index (κ1) is 15.7. The van der Waals surface area contributed by atoms with E-state index in [1.54, 1.807) is 7.11 Å². The van der Waals surface area contributed by atoms with Crippen LogP contribution in [-0.4, -0.2) is 29.5 Å². The molecule has 1 aromatic heterocycles. The maximum absolute atomic E-state index is 5.49. The molecular weight excluding hydrogens is 262 g/mol. The summed E-state index contributed by atoms with van der Waals surface area (Å²) in [5.74, 6) is 0. The van der Waals surface area contributed by atoms with Crippen LogP contribution >= 0.6 is 0 Å². The molecule has 0 spiro atoms. The molecule has 0 aliphatic carbocycles. The van der Waals surface area contributed by atoms with Gasteiger partial charge in [-0.2, -0.15) is 5.10 Å². The number of hydrogen-bond donors (Lipinski definition) is 1. The first-order valence-corrected chi connectivity index (χ1v) is 7.39. The lowest BCUT2D eigenvalue weighted by molar-refractivity contribution is 0.0117. The largest absolute Gasteiger partial charge is 0.379 e. The topological polar surface area (TPSA) is 39.1 Å². The number of aromatic nitrogens is 2. The van der Waals surface area contributed by atoms with Gasteiger partial charge in [0.05, 0.1) is 23.0 Å². The molecule has 0 radical (unpaired) electrons. The smallest absolute Gasteiger partial charge is 0.0798 e. The fourth-order valence-electron chi connectivity index (χ4n) is 2.28. The Kier molecular flexibility index (Phi) is 5.15. The van der Waals surface area contributed by atoms with Crippen molar-refractivity contribution in [2.45, 2.75) is 38.3 Å². The van der Waals surface area contributed by atoms with E-state index in [1.807, 2.05) is 36.1 Å². The third kappa shape index (κ3) is 4.16. The summed E-state index contributed by atoms with van der Waals surface area (Å²) >= 11 is 0. The van der Waals surface area contributed by atoms with Crippen LogP contribution in [0.15, 0.2) is 42.6 Å². The van der Waals surface area contributed by atoms with Crippen LogP contribution in [0.25, 0.3) is 5.69 Å². The van der Waals surface area contributed by atoms with Gasteiger partial charge in [0.1, 0.15) is 0 Å². The van der Waals surface area contributed by atoms with Crippen molar-refractivity contribution in [1.29, 1.82) is 0 Å². The highest BCUT2D eigenvalue weighted by Crippen LogP contribution is 2.23. The van der Waals surface area contributed by atoms with Crippen LogP contribution in [0.1, 0.15) is 38.4 Å². The Morgan fingerprint density at radius 3 is 2.57 bits per heavy atom. The van der Waals surface area contributed by atoms with E-state index in [2.05, 4.69) is 37.4 Å². The molecule has 2 aromatic rings. The lowest BCUT2D eigenvalue weighted by Crippen LogP contribution is -2.26. The lowest BCUT2D eigenvalue weighted by atomic mass is 9.97. The molecule has 1 N–H and O–H groups in total. The quantitative estimate of drug-likeness (QED) is 0.849. The van der Waals surface area contributed by atoms with Crippen LogP contribution in [0.4, 0.5) is 0 Å². The van der Waals surface area contributed by atoms with Gasteiger partial charge in [-0.15, -0.1) is 0 Å². The SMILES string of the molecule is CNC(CCC(C)(C)OC)c1ccn(-c2ccccc2)n1. The van der Waals surface area contributed by atoms with Gasteiger partial charge in [0, 0.05) is 13.3 Å². The average molecular weight is 287 g/mol. The number of ether oxygens (including phenoxy) is 1. The molecule has 1 aromatic carbocycles. The molecule has 0 aliphatic rings. The minimum atomic E-state index is -0.100. The number of hydrogen-bond acceptors (Lipinski definition) is 3. The second kappa shape index (κ2) is 6.87. The molecule has 114 valence electrons. The number of methoxy groups -OCH3 is 1. The molecule has 1 unspecified atom stereocenters. The van der Waals surface area contributed by atoms with Crippen molar-refractivity contribution >= 4 is 0 Å². The van der Waals surface area contributed by atoms with Crippen LogP contribution in [0, 0.1) is 0 Å². The summed E-state index contributed by atoms with van der Waals surface area (Å²) in [5.41, 5.74) is 2.04. The molecule has 0 saturated heterocycles. The third-order valence-electron chi connectivity index (χ3n) is 3.92. The van der Waals surface area contributed by atoms with Crippen molar-refractivity contribution in [3.05, 3.63) is 48.3 Å². The van der Waals surface area contributed by atoms with Gasteiger partial charge in [0.2, 0.25) is 0 Å². The molecule has 4 nitrogen and oxygen atoms in total. The summed E-state index contributed by atoms with van der Waals surface area (Å²) in [4.78, 5) is 0. The van der Waals surface area contributed by atoms with E-state index in [-0.39, 0.29) is 11.6 Å². The summed E-state index contributed by atoms with van der Waals surface area (Å²) in [5, 5.41) is 8.04. The van der Waals surface area contributed by atoms with Crippen molar-refractivity contribution in [1.82, 2.24) is 15.1 Å². The molecule has 4 heteroatoms. The Hall–Kier alpha value is -1.65. The molecule has 0 saturated carbocycles. The van der Waals surface area contributed by atoms with Crippen molar-refractivity contribution in [2.75, 3.05) is 14.2 Å². The van der Waals surface area contributed by atoms with Crippen LogP contribution < -0.4 is 5.32 Å². The fraction of sp³-hybridized carbons (Fsp3) is 0.471. The molecule has 2 rings (SSSR count). The van der Waals surface area contributed by atoms with E-state index in [0.717, 1.165) is 24.2 Å². The van der Waals surface area contributed by atoms with Crippen molar-refractivity contribution in [3.8, 4) is 5.69 Å². The normalized spacial score (nSPS) is 13.3. The Morgan fingerprint density at radius 1 is 1.24 bits per heavy atom. The van der Waals surface area contributed by atoms with Gasteiger partial charge in [-0.1, -0.05) is 18.2 Å². The van der Waals surface area contributed by atoms with E-state index in [1.165, 1.54) is 0 Å². The maximum Gasteiger partial charge on any atom is 0.0798 e. The summed E-state index contributed by atoms with van der Waals surface area (Å²) in [6.45, 7) is 4.23. The van der Waals surface area contributed by atoms with Crippen molar-refractivity contribution in [3.63, 3.8) is 0 Å². The molecule has 0 amide bonds. The number of rotatable bonds is 7. The van der Waals surface area contributed by atoms with Gasteiger partial charge in [-0.3, -0.25) is 0 Å². The third-order valence-corrected chi connectivity index (χ3v) is 3.92. The summed E-state index contributed by atoms with van der Waals surface area (Å²) < 4.78 is 7.41. The summed E-state index contributed by atoms with van der Waals surface area (Å²) in [7, 11) is 3.74.